The Morgan fingerprint density at radius 2 is 1.80 bits per heavy atom. The number of carbonyl (C=O) groups is 1. The quantitative estimate of drug-likeness (QED) is 0.898. The molecule has 0 aliphatic carbocycles. The molecule has 2 aromatic carbocycles. The number of benzene rings is 2. The van der Waals surface area contributed by atoms with E-state index in [2.05, 4.69) is 16.7 Å². The van der Waals surface area contributed by atoms with Gasteiger partial charge in [-0.2, -0.15) is 0 Å². The van der Waals surface area contributed by atoms with Crippen molar-refractivity contribution in [2.24, 2.45) is 0 Å². The van der Waals surface area contributed by atoms with E-state index in [1.165, 1.54) is 12.1 Å². The van der Waals surface area contributed by atoms with Crippen LogP contribution in [-0.2, 0) is 25.9 Å². The number of halogens is 1. The van der Waals surface area contributed by atoms with E-state index >= 15 is 0 Å². The van der Waals surface area contributed by atoms with Gasteiger partial charge in [0.1, 0.15) is 17.3 Å². The Morgan fingerprint density at radius 3 is 2.64 bits per heavy atom. The Bertz CT molecular complexity index is 773. The average molecular weight is 342 g/mol. The molecule has 0 spiro atoms. The predicted octanol–water partition coefficient (Wildman–Crippen LogP) is 2.69. The van der Waals surface area contributed by atoms with E-state index in [0.29, 0.717) is 26.3 Å². The number of rotatable bonds is 4. The summed E-state index contributed by atoms with van der Waals surface area (Å²) in [7, 11) is 0. The number of urea groups is 1. The molecule has 6 heteroatoms. The minimum Gasteiger partial charge on any atom is -0.493 e. The smallest absolute Gasteiger partial charge is 0.315 e. The molecule has 2 N–H and O–H groups in total. The van der Waals surface area contributed by atoms with Crippen LogP contribution in [0.2, 0.25) is 0 Å². The fourth-order valence-corrected chi connectivity index (χ4v) is 3.29. The molecule has 2 aliphatic rings. The molecule has 0 aromatic heterocycles. The van der Waals surface area contributed by atoms with Gasteiger partial charge in [0.25, 0.3) is 0 Å². The maximum absolute atomic E-state index is 12.9. The summed E-state index contributed by atoms with van der Waals surface area (Å²) in [6.07, 6.45) is 1.70. The second-order valence-electron chi connectivity index (χ2n) is 6.18. The normalized spacial score (nSPS) is 14.3. The highest BCUT2D eigenvalue weighted by atomic mass is 19.1. The lowest BCUT2D eigenvalue weighted by atomic mass is 9.99. The Hall–Kier alpha value is -2.76. The van der Waals surface area contributed by atoms with Crippen molar-refractivity contribution in [3.05, 3.63) is 58.4 Å². The number of hydrogen-bond acceptors (Lipinski definition) is 3. The highest BCUT2D eigenvalue weighted by Crippen LogP contribution is 2.40. The van der Waals surface area contributed by atoms with Crippen molar-refractivity contribution in [1.82, 2.24) is 10.6 Å². The van der Waals surface area contributed by atoms with Crippen LogP contribution in [0.5, 0.6) is 11.5 Å². The average Bonchev–Trinajstić information content (AvgIpc) is 3.27. The van der Waals surface area contributed by atoms with E-state index in [1.54, 1.807) is 12.1 Å². The van der Waals surface area contributed by atoms with Crippen molar-refractivity contribution in [2.45, 2.75) is 25.9 Å². The summed E-state index contributed by atoms with van der Waals surface area (Å²) >= 11 is 0. The first-order valence-electron chi connectivity index (χ1n) is 8.40. The SMILES string of the molecule is O=C(NCc1ccc(F)cc1)NCc1c2c(cc3c1OCC3)OCC2. The molecule has 2 heterocycles. The first-order valence-corrected chi connectivity index (χ1v) is 8.40. The van der Waals surface area contributed by atoms with E-state index in [1.807, 2.05) is 0 Å². The van der Waals surface area contributed by atoms with Gasteiger partial charge in [0.2, 0.25) is 0 Å². The van der Waals surface area contributed by atoms with E-state index in [-0.39, 0.29) is 11.8 Å². The number of fused-ring (bicyclic) bond motifs is 2. The molecule has 0 fully saturated rings. The van der Waals surface area contributed by atoms with E-state index in [4.69, 9.17) is 9.47 Å². The van der Waals surface area contributed by atoms with Gasteiger partial charge in [-0.05, 0) is 23.8 Å². The zero-order valence-electron chi connectivity index (χ0n) is 13.7. The summed E-state index contributed by atoms with van der Waals surface area (Å²) < 4.78 is 24.3. The lowest BCUT2D eigenvalue weighted by molar-refractivity contribution is 0.240. The summed E-state index contributed by atoms with van der Waals surface area (Å²) in [6, 6.07) is 7.84. The summed E-state index contributed by atoms with van der Waals surface area (Å²) in [5.41, 5.74) is 4.12. The van der Waals surface area contributed by atoms with Gasteiger partial charge in [-0.1, -0.05) is 12.1 Å². The standard InChI is InChI=1S/C19H19FN2O3/c20-14-3-1-12(2-4-14)10-21-19(23)22-11-16-15-6-8-24-17(15)9-13-5-7-25-18(13)16/h1-4,9H,5-8,10-11H2,(H2,21,22,23). The minimum absolute atomic E-state index is 0.271. The Kier molecular flexibility index (Phi) is 4.17. The third-order valence-corrected chi connectivity index (χ3v) is 4.55. The number of amides is 2. The van der Waals surface area contributed by atoms with Crippen LogP contribution in [0.15, 0.2) is 30.3 Å². The number of hydrogen-bond donors (Lipinski definition) is 2. The lowest BCUT2D eigenvalue weighted by Crippen LogP contribution is -2.34. The van der Waals surface area contributed by atoms with Gasteiger partial charge in [0, 0.05) is 42.6 Å². The summed E-state index contributed by atoms with van der Waals surface area (Å²) in [4.78, 5) is 12.1. The van der Waals surface area contributed by atoms with Crippen molar-refractivity contribution < 1.29 is 18.7 Å². The molecule has 130 valence electrons. The third kappa shape index (κ3) is 3.24. The molecule has 0 radical (unpaired) electrons. The van der Waals surface area contributed by atoms with Crippen LogP contribution >= 0.6 is 0 Å². The van der Waals surface area contributed by atoms with Crippen molar-refractivity contribution in [3.63, 3.8) is 0 Å². The van der Waals surface area contributed by atoms with Crippen molar-refractivity contribution in [1.29, 1.82) is 0 Å². The van der Waals surface area contributed by atoms with Gasteiger partial charge in [0.15, 0.2) is 0 Å². The van der Waals surface area contributed by atoms with Crippen molar-refractivity contribution in [2.75, 3.05) is 13.2 Å². The Labute approximate surface area is 145 Å². The van der Waals surface area contributed by atoms with Gasteiger partial charge in [-0.25, -0.2) is 9.18 Å². The molecule has 0 saturated carbocycles. The van der Waals surface area contributed by atoms with E-state index in [0.717, 1.165) is 46.6 Å². The zero-order valence-corrected chi connectivity index (χ0v) is 13.7. The highest BCUT2D eigenvalue weighted by Gasteiger charge is 2.26. The molecule has 2 aliphatic heterocycles. The van der Waals surface area contributed by atoms with Crippen LogP contribution in [0.1, 0.15) is 22.3 Å². The first-order chi connectivity index (χ1) is 12.2. The van der Waals surface area contributed by atoms with E-state index in [9.17, 15) is 9.18 Å². The summed E-state index contributed by atoms with van der Waals surface area (Å²) in [5.74, 6) is 1.51. The Morgan fingerprint density at radius 1 is 1.04 bits per heavy atom. The molecular formula is C19H19FN2O3. The van der Waals surface area contributed by atoms with Crippen LogP contribution in [-0.4, -0.2) is 19.2 Å². The van der Waals surface area contributed by atoms with Gasteiger partial charge in [-0.3, -0.25) is 0 Å². The monoisotopic (exact) mass is 342 g/mol. The molecule has 0 bridgehead atoms. The van der Waals surface area contributed by atoms with Crippen LogP contribution < -0.4 is 20.1 Å². The molecule has 25 heavy (non-hydrogen) atoms. The van der Waals surface area contributed by atoms with Crippen LogP contribution in [0.4, 0.5) is 9.18 Å². The van der Waals surface area contributed by atoms with Crippen LogP contribution in [0, 0.1) is 5.82 Å². The molecule has 0 unspecified atom stereocenters. The van der Waals surface area contributed by atoms with Crippen LogP contribution in [0.3, 0.4) is 0 Å². The largest absolute Gasteiger partial charge is 0.493 e. The number of ether oxygens (including phenoxy) is 2. The second-order valence-corrected chi connectivity index (χ2v) is 6.18. The molecular weight excluding hydrogens is 323 g/mol. The molecule has 5 nitrogen and oxygen atoms in total. The second kappa shape index (κ2) is 6.63. The minimum atomic E-state index is -0.290. The molecule has 0 atom stereocenters. The van der Waals surface area contributed by atoms with Crippen molar-refractivity contribution >= 4 is 6.03 Å². The third-order valence-electron chi connectivity index (χ3n) is 4.55. The highest BCUT2D eigenvalue weighted by molar-refractivity contribution is 5.74. The molecule has 2 aromatic rings. The lowest BCUT2D eigenvalue weighted by Gasteiger charge is -2.14. The molecule has 4 rings (SSSR count). The predicted molar refractivity (Wildman–Crippen MR) is 90.3 cm³/mol. The van der Waals surface area contributed by atoms with Gasteiger partial charge >= 0.3 is 6.03 Å². The van der Waals surface area contributed by atoms with Gasteiger partial charge in [0.05, 0.1) is 13.2 Å². The van der Waals surface area contributed by atoms with Crippen molar-refractivity contribution in [3.8, 4) is 11.5 Å². The van der Waals surface area contributed by atoms with Gasteiger partial charge in [-0.15, -0.1) is 0 Å². The number of carbonyl (C=O) groups excluding carboxylic acids is 1. The maximum atomic E-state index is 12.9. The molecule has 2 amide bonds. The van der Waals surface area contributed by atoms with Gasteiger partial charge < -0.3 is 20.1 Å². The first kappa shape index (κ1) is 15.7. The summed E-state index contributed by atoms with van der Waals surface area (Å²) in [5, 5.41) is 5.66. The maximum Gasteiger partial charge on any atom is 0.315 e. The van der Waals surface area contributed by atoms with Crippen LogP contribution in [0.25, 0.3) is 0 Å². The summed E-state index contributed by atoms with van der Waals surface area (Å²) in [6.45, 7) is 2.07. The van der Waals surface area contributed by atoms with E-state index < -0.39 is 0 Å². The fourth-order valence-electron chi connectivity index (χ4n) is 3.29. The topological polar surface area (TPSA) is 59.6 Å². The molecule has 0 saturated heterocycles. The fraction of sp³-hybridized carbons (Fsp3) is 0.316. The Balaban J connectivity index is 1.40. The zero-order chi connectivity index (χ0) is 17.2. The number of nitrogens with one attached hydrogen (secondary N) is 2.